The number of ether oxygens (including phenoxy) is 2. The lowest BCUT2D eigenvalue weighted by atomic mass is 10.1. The van der Waals surface area contributed by atoms with Crippen molar-refractivity contribution in [1.29, 1.82) is 0 Å². The van der Waals surface area contributed by atoms with Crippen molar-refractivity contribution in [3.8, 4) is 17.2 Å². The molecule has 0 saturated carbocycles. The number of rotatable bonds is 10. The fourth-order valence-corrected chi connectivity index (χ4v) is 3.88. The molecule has 0 radical (unpaired) electrons. The van der Waals surface area contributed by atoms with Gasteiger partial charge in [-0.25, -0.2) is 9.97 Å². The number of aromatic nitrogens is 3. The number of nitrogens with one attached hydrogen (secondary N) is 1. The van der Waals surface area contributed by atoms with Crippen LogP contribution in [0, 0.1) is 13.8 Å². The molecule has 0 saturated heterocycles. The van der Waals surface area contributed by atoms with Crippen molar-refractivity contribution in [2.24, 2.45) is 0 Å². The van der Waals surface area contributed by atoms with Gasteiger partial charge >= 0.3 is 0 Å². The summed E-state index contributed by atoms with van der Waals surface area (Å²) in [6.07, 6.45) is 5.15. The Morgan fingerprint density at radius 1 is 1.06 bits per heavy atom. The average molecular weight is 470 g/mol. The molecule has 0 fully saturated rings. The molecule has 1 atom stereocenters. The molecule has 0 aliphatic heterocycles. The Morgan fingerprint density at radius 2 is 1.91 bits per heavy atom. The molecule has 7 heteroatoms. The van der Waals surface area contributed by atoms with E-state index in [1.165, 1.54) is 0 Å². The number of benzene rings is 2. The number of aryl methyl sites for hydroxylation is 2. The summed E-state index contributed by atoms with van der Waals surface area (Å²) in [5, 5.41) is 4.28. The van der Waals surface area contributed by atoms with Crippen LogP contribution in [0.5, 0.6) is 17.2 Å². The second kappa shape index (κ2) is 11.0. The first-order valence-electron chi connectivity index (χ1n) is 11.6. The highest BCUT2D eigenvalue weighted by molar-refractivity contribution is 5.95. The minimum absolute atomic E-state index is 0.0199. The highest BCUT2D eigenvalue weighted by Gasteiger charge is 2.14. The van der Waals surface area contributed by atoms with Crippen LogP contribution in [0.15, 0.2) is 73.7 Å². The first-order valence-corrected chi connectivity index (χ1v) is 11.6. The van der Waals surface area contributed by atoms with Gasteiger partial charge in [0.15, 0.2) is 0 Å². The predicted molar refractivity (Wildman–Crippen MR) is 141 cm³/mol. The Morgan fingerprint density at radius 3 is 2.66 bits per heavy atom. The molecule has 2 aromatic heterocycles. The maximum Gasteiger partial charge on any atom is 0.145 e. The van der Waals surface area contributed by atoms with E-state index in [0.29, 0.717) is 11.6 Å². The topological polar surface area (TPSA) is 72.4 Å². The summed E-state index contributed by atoms with van der Waals surface area (Å²) in [6, 6.07) is 15.6. The van der Waals surface area contributed by atoms with Crippen LogP contribution in [0.4, 0.5) is 11.5 Å². The van der Waals surface area contributed by atoms with Crippen molar-refractivity contribution in [2.75, 3.05) is 25.5 Å². The van der Waals surface area contributed by atoms with Gasteiger partial charge in [0.1, 0.15) is 35.5 Å². The third-order valence-corrected chi connectivity index (χ3v) is 5.51. The lowest BCUT2D eigenvalue weighted by Crippen LogP contribution is -2.31. The molecule has 0 aliphatic carbocycles. The summed E-state index contributed by atoms with van der Waals surface area (Å²) >= 11 is 0. The van der Waals surface area contributed by atoms with Crippen molar-refractivity contribution in [1.82, 2.24) is 19.9 Å². The van der Waals surface area contributed by atoms with E-state index < -0.39 is 0 Å². The number of pyridine rings is 1. The Hall–Kier alpha value is -3.97. The maximum atomic E-state index is 6.32. The van der Waals surface area contributed by atoms with Gasteiger partial charge in [-0.05, 0) is 75.8 Å². The summed E-state index contributed by atoms with van der Waals surface area (Å²) in [5.74, 6) is 2.91. The minimum atomic E-state index is -0.0199. The minimum Gasteiger partial charge on any atom is -0.489 e. The van der Waals surface area contributed by atoms with Gasteiger partial charge in [-0.15, -0.1) is 6.58 Å². The molecule has 180 valence electrons. The van der Waals surface area contributed by atoms with E-state index in [0.717, 1.165) is 52.4 Å². The number of likely N-dealkylation sites (N-methyl/N-ethyl adjacent to an activating group) is 1. The number of fused-ring (bicyclic) bond motifs is 1. The molecule has 1 N–H and O–H groups in total. The van der Waals surface area contributed by atoms with Gasteiger partial charge in [0, 0.05) is 24.5 Å². The van der Waals surface area contributed by atoms with E-state index >= 15 is 0 Å². The predicted octanol–water partition coefficient (Wildman–Crippen LogP) is 6.06. The fraction of sp³-hybridized carbons (Fsp3) is 0.250. The van der Waals surface area contributed by atoms with Crippen LogP contribution in [-0.4, -0.2) is 46.1 Å². The molecular formula is C28H31N5O2. The first-order chi connectivity index (χ1) is 16.9. The zero-order valence-electron chi connectivity index (χ0n) is 20.7. The summed E-state index contributed by atoms with van der Waals surface area (Å²) in [6.45, 7) is 11.4. The van der Waals surface area contributed by atoms with E-state index in [1.807, 2.05) is 75.5 Å². The zero-order valence-corrected chi connectivity index (χ0v) is 20.7. The molecule has 0 spiro atoms. The second-order valence-corrected chi connectivity index (χ2v) is 8.65. The van der Waals surface area contributed by atoms with E-state index in [2.05, 4.69) is 38.7 Å². The normalized spacial score (nSPS) is 11.9. The third-order valence-electron chi connectivity index (χ3n) is 5.51. The number of hydrogen-bond donors (Lipinski definition) is 1. The molecule has 35 heavy (non-hydrogen) atoms. The van der Waals surface area contributed by atoms with Crippen LogP contribution in [-0.2, 0) is 0 Å². The molecule has 4 aromatic rings. The van der Waals surface area contributed by atoms with E-state index in [4.69, 9.17) is 9.47 Å². The van der Waals surface area contributed by atoms with Crippen molar-refractivity contribution in [2.45, 2.75) is 26.9 Å². The monoisotopic (exact) mass is 469 g/mol. The SMILES string of the molecule is C=CCN(C)C[C@H](C)Oc1cccc2ncnc(Nc3ccc(Oc4ccc(C)nc4)c(C)c3)c12. The summed E-state index contributed by atoms with van der Waals surface area (Å²) in [5.41, 5.74) is 3.65. The van der Waals surface area contributed by atoms with Crippen LogP contribution in [0.3, 0.4) is 0 Å². The Labute approximate surface area is 206 Å². The summed E-state index contributed by atoms with van der Waals surface area (Å²) in [4.78, 5) is 15.4. The van der Waals surface area contributed by atoms with E-state index in [-0.39, 0.29) is 6.10 Å². The van der Waals surface area contributed by atoms with Gasteiger partial charge < -0.3 is 14.8 Å². The van der Waals surface area contributed by atoms with Crippen molar-refractivity contribution in [3.05, 3.63) is 85.0 Å². The zero-order chi connectivity index (χ0) is 24.8. The molecular weight excluding hydrogens is 438 g/mol. The molecule has 0 bridgehead atoms. The van der Waals surface area contributed by atoms with Gasteiger partial charge in [-0.2, -0.15) is 0 Å². The maximum absolute atomic E-state index is 6.32. The van der Waals surface area contributed by atoms with Crippen molar-refractivity contribution in [3.63, 3.8) is 0 Å². The lowest BCUT2D eigenvalue weighted by molar-refractivity contribution is 0.171. The van der Waals surface area contributed by atoms with Crippen molar-refractivity contribution >= 4 is 22.4 Å². The number of anilines is 2. The molecule has 0 unspecified atom stereocenters. The quantitative estimate of drug-likeness (QED) is 0.283. The van der Waals surface area contributed by atoms with E-state index in [9.17, 15) is 0 Å². The van der Waals surface area contributed by atoms with Gasteiger partial charge in [-0.3, -0.25) is 9.88 Å². The third kappa shape index (κ3) is 6.13. The summed E-state index contributed by atoms with van der Waals surface area (Å²) in [7, 11) is 2.05. The molecule has 2 heterocycles. The van der Waals surface area contributed by atoms with E-state index in [1.54, 1.807) is 12.5 Å². The number of hydrogen-bond acceptors (Lipinski definition) is 7. The van der Waals surface area contributed by atoms with Gasteiger partial charge in [0.2, 0.25) is 0 Å². The average Bonchev–Trinajstić information content (AvgIpc) is 2.82. The Bertz CT molecular complexity index is 1300. The standard InChI is InChI=1S/C28H31N5O2/c1-6-14-33(5)17-21(4)34-26-9-7-8-24-27(26)28(31-18-30-24)32-22-11-13-25(19(2)15-22)35-23-12-10-20(3)29-16-23/h6-13,15-16,18,21H,1,14,17H2,2-5H3,(H,30,31,32)/t21-/m0/s1. The van der Waals surface area contributed by atoms with Crippen LogP contribution < -0.4 is 14.8 Å². The molecule has 7 nitrogen and oxygen atoms in total. The lowest BCUT2D eigenvalue weighted by Gasteiger charge is -2.22. The van der Waals surface area contributed by atoms with Gasteiger partial charge in [0.05, 0.1) is 17.1 Å². The van der Waals surface area contributed by atoms with Crippen LogP contribution >= 0.6 is 0 Å². The first kappa shape index (κ1) is 24.2. The molecule has 0 aliphatic rings. The number of nitrogens with zero attached hydrogens (tertiary/aromatic N) is 4. The Kier molecular flexibility index (Phi) is 7.57. The van der Waals surface area contributed by atoms with Crippen LogP contribution in [0.25, 0.3) is 10.9 Å². The molecule has 0 amide bonds. The highest BCUT2D eigenvalue weighted by atomic mass is 16.5. The van der Waals surface area contributed by atoms with Crippen LogP contribution in [0.1, 0.15) is 18.2 Å². The molecule has 2 aromatic carbocycles. The molecule has 4 rings (SSSR count). The Balaban J connectivity index is 1.56. The smallest absolute Gasteiger partial charge is 0.145 e. The largest absolute Gasteiger partial charge is 0.489 e. The van der Waals surface area contributed by atoms with Gasteiger partial charge in [-0.1, -0.05) is 12.1 Å². The fourth-order valence-electron chi connectivity index (χ4n) is 3.88. The van der Waals surface area contributed by atoms with Gasteiger partial charge in [0.25, 0.3) is 0 Å². The highest BCUT2D eigenvalue weighted by Crippen LogP contribution is 2.33. The van der Waals surface area contributed by atoms with Crippen molar-refractivity contribution < 1.29 is 9.47 Å². The second-order valence-electron chi connectivity index (χ2n) is 8.65. The summed E-state index contributed by atoms with van der Waals surface area (Å²) < 4.78 is 12.3. The van der Waals surface area contributed by atoms with Crippen LogP contribution in [0.2, 0.25) is 0 Å².